The van der Waals surface area contributed by atoms with Gasteiger partial charge in [0.2, 0.25) is 5.91 Å². The van der Waals surface area contributed by atoms with Crippen molar-refractivity contribution < 1.29 is 23.1 Å². The van der Waals surface area contributed by atoms with Crippen LogP contribution in [0.5, 0.6) is 0 Å². The van der Waals surface area contributed by atoms with E-state index in [9.17, 15) is 23.1 Å². The predicted molar refractivity (Wildman–Crippen MR) is 55.3 cm³/mol. The Morgan fingerprint density at radius 2 is 2.18 bits per heavy atom. The van der Waals surface area contributed by atoms with Gasteiger partial charge in [-0.25, -0.2) is 0 Å². The van der Waals surface area contributed by atoms with Crippen molar-refractivity contribution >= 4 is 5.91 Å². The zero-order valence-electron chi connectivity index (χ0n) is 9.63. The van der Waals surface area contributed by atoms with Gasteiger partial charge in [0, 0.05) is 13.1 Å². The highest BCUT2D eigenvalue weighted by molar-refractivity contribution is 5.78. The molecule has 1 fully saturated rings. The Morgan fingerprint density at radius 1 is 1.53 bits per heavy atom. The summed E-state index contributed by atoms with van der Waals surface area (Å²) in [5, 5.41) is 11.3. The number of alkyl halides is 3. The van der Waals surface area contributed by atoms with Gasteiger partial charge in [-0.15, -0.1) is 0 Å². The van der Waals surface area contributed by atoms with Gasteiger partial charge in [-0.05, 0) is 12.3 Å². The van der Waals surface area contributed by atoms with Crippen molar-refractivity contribution in [3.05, 3.63) is 0 Å². The van der Waals surface area contributed by atoms with Crippen molar-refractivity contribution in [2.45, 2.75) is 25.6 Å². The average Bonchev–Trinajstić information content (AvgIpc) is 2.20. The zero-order valence-corrected chi connectivity index (χ0v) is 9.63. The lowest BCUT2D eigenvalue weighted by Crippen LogP contribution is -2.47. The number of carbonyl (C=O) groups excluding carboxylic acids is 1. The molecule has 1 aliphatic rings. The molecule has 0 aromatic heterocycles. The number of aliphatic hydroxyl groups excluding tert-OH is 1. The molecule has 100 valence electrons. The first-order valence-corrected chi connectivity index (χ1v) is 5.52. The minimum Gasteiger partial charge on any atom is -0.393 e. The second-order valence-electron chi connectivity index (χ2n) is 4.46. The number of aliphatic hydroxyl groups is 1. The Bertz CT molecular complexity index is 271. The molecule has 0 aromatic carbocycles. The normalized spacial score (nSPS) is 26.9. The fourth-order valence-corrected chi connectivity index (χ4v) is 1.82. The van der Waals surface area contributed by atoms with Gasteiger partial charge in [0.15, 0.2) is 0 Å². The van der Waals surface area contributed by atoms with Crippen LogP contribution in [0.3, 0.4) is 0 Å². The molecule has 1 rings (SSSR count). The number of amides is 1. The number of likely N-dealkylation sites (tertiary alicyclic amines) is 1. The molecular formula is C10H17F3N2O2. The molecule has 0 bridgehead atoms. The first kappa shape index (κ1) is 14.2. The number of rotatable bonds is 3. The molecule has 0 aromatic rings. The summed E-state index contributed by atoms with van der Waals surface area (Å²) in [5.74, 6) is -0.593. The molecule has 17 heavy (non-hydrogen) atoms. The molecule has 1 saturated heterocycles. The maximum atomic E-state index is 11.8. The average molecular weight is 254 g/mol. The molecule has 1 aliphatic heterocycles. The summed E-state index contributed by atoms with van der Waals surface area (Å²) in [4.78, 5) is 13.0. The van der Waals surface area contributed by atoms with Crippen LogP contribution in [0, 0.1) is 5.92 Å². The number of piperidine rings is 1. The van der Waals surface area contributed by atoms with Crippen molar-refractivity contribution in [3.8, 4) is 0 Å². The van der Waals surface area contributed by atoms with Crippen LogP contribution in [0.25, 0.3) is 0 Å². The molecule has 0 aliphatic carbocycles. The summed E-state index contributed by atoms with van der Waals surface area (Å²) >= 11 is 0. The lowest BCUT2D eigenvalue weighted by atomic mass is 9.97. The largest absolute Gasteiger partial charge is 0.405 e. The van der Waals surface area contributed by atoms with Gasteiger partial charge in [-0.2, -0.15) is 13.2 Å². The minimum absolute atomic E-state index is 0.0409. The summed E-state index contributed by atoms with van der Waals surface area (Å²) < 4.78 is 35.5. The highest BCUT2D eigenvalue weighted by Crippen LogP contribution is 2.16. The lowest BCUT2D eigenvalue weighted by Gasteiger charge is -2.33. The van der Waals surface area contributed by atoms with Crippen LogP contribution in [0.4, 0.5) is 13.2 Å². The fraction of sp³-hybridized carbons (Fsp3) is 0.900. The van der Waals surface area contributed by atoms with Gasteiger partial charge in [-0.1, -0.05) is 6.92 Å². The first-order valence-electron chi connectivity index (χ1n) is 5.52. The number of carbonyl (C=O) groups is 1. The highest BCUT2D eigenvalue weighted by Gasteiger charge is 2.29. The monoisotopic (exact) mass is 254 g/mol. The van der Waals surface area contributed by atoms with Crippen LogP contribution >= 0.6 is 0 Å². The van der Waals surface area contributed by atoms with Crippen LogP contribution in [0.2, 0.25) is 0 Å². The van der Waals surface area contributed by atoms with E-state index >= 15 is 0 Å². The van der Waals surface area contributed by atoms with E-state index in [1.54, 1.807) is 4.90 Å². The molecule has 0 saturated carbocycles. The number of hydrogen-bond donors (Lipinski definition) is 2. The smallest absolute Gasteiger partial charge is 0.393 e. The van der Waals surface area contributed by atoms with Crippen molar-refractivity contribution in [1.82, 2.24) is 10.2 Å². The Hall–Kier alpha value is -0.820. The summed E-state index contributed by atoms with van der Waals surface area (Å²) in [7, 11) is 0. The van der Waals surface area contributed by atoms with Crippen LogP contribution in [-0.2, 0) is 4.79 Å². The Morgan fingerprint density at radius 3 is 2.71 bits per heavy atom. The highest BCUT2D eigenvalue weighted by atomic mass is 19.4. The molecule has 2 N–H and O–H groups in total. The quantitative estimate of drug-likeness (QED) is 0.765. The molecule has 0 radical (unpaired) electrons. The third kappa shape index (κ3) is 5.36. The molecule has 1 heterocycles. The van der Waals surface area contributed by atoms with Crippen molar-refractivity contribution in [3.63, 3.8) is 0 Å². The van der Waals surface area contributed by atoms with Crippen LogP contribution in [0.15, 0.2) is 0 Å². The van der Waals surface area contributed by atoms with Crippen LogP contribution in [0.1, 0.15) is 13.3 Å². The second-order valence-corrected chi connectivity index (χ2v) is 4.46. The molecule has 2 atom stereocenters. The summed E-state index contributed by atoms with van der Waals surface area (Å²) in [6.45, 7) is 1.57. The molecule has 2 unspecified atom stereocenters. The molecule has 0 spiro atoms. The number of nitrogens with one attached hydrogen (secondary N) is 1. The van der Waals surface area contributed by atoms with E-state index in [-0.39, 0.29) is 18.6 Å². The van der Waals surface area contributed by atoms with Gasteiger partial charge in [0.05, 0.1) is 12.6 Å². The molecule has 1 amide bonds. The van der Waals surface area contributed by atoms with Gasteiger partial charge in [0.25, 0.3) is 0 Å². The van der Waals surface area contributed by atoms with Crippen LogP contribution in [-0.4, -0.2) is 54.4 Å². The molecule has 4 nitrogen and oxygen atoms in total. The van der Waals surface area contributed by atoms with Crippen molar-refractivity contribution in [2.75, 3.05) is 26.2 Å². The topological polar surface area (TPSA) is 52.6 Å². The van der Waals surface area contributed by atoms with E-state index in [4.69, 9.17) is 0 Å². The first-order chi connectivity index (χ1) is 7.78. The van der Waals surface area contributed by atoms with Gasteiger partial charge < -0.3 is 10.4 Å². The number of halogens is 3. The lowest BCUT2D eigenvalue weighted by molar-refractivity contribution is -0.139. The molecular weight excluding hydrogens is 237 g/mol. The van der Waals surface area contributed by atoms with Crippen molar-refractivity contribution in [1.29, 1.82) is 0 Å². The Labute approximate surface area is 97.8 Å². The summed E-state index contributed by atoms with van der Waals surface area (Å²) in [6.07, 6.45) is -4.21. The van der Waals surface area contributed by atoms with Crippen LogP contribution < -0.4 is 5.32 Å². The van der Waals surface area contributed by atoms with Crippen molar-refractivity contribution in [2.24, 2.45) is 5.92 Å². The Balaban J connectivity index is 2.27. The standard InChI is InChI=1S/C10H17F3N2O2/c1-7-4-15(3-2-8(7)16)5-9(17)14-6-10(11,12)13/h7-8,16H,2-6H2,1H3,(H,14,17). The van der Waals surface area contributed by atoms with E-state index in [1.807, 2.05) is 12.2 Å². The second kappa shape index (κ2) is 5.68. The number of hydrogen-bond acceptors (Lipinski definition) is 3. The SMILES string of the molecule is CC1CN(CC(=O)NCC(F)(F)F)CCC1O. The third-order valence-corrected chi connectivity index (χ3v) is 2.80. The maximum absolute atomic E-state index is 11.8. The van der Waals surface area contributed by atoms with E-state index in [2.05, 4.69) is 0 Å². The van der Waals surface area contributed by atoms with E-state index in [0.717, 1.165) is 0 Å². The van der Waals surface area contributed by atoms with Gasteiger partial charge in [0.1, 0.15) is 6.54 Å². The number of nitrogens with zero attached hydrogens (tertiary/aromatic N) is 1. The van der Waals surface area contributed by atoms with Gasteiger partial charge in [-0.3, -0.25) is 9.69 Å². The maximum Gasteiger partial charge on any atom is 0.405 e. The molecule has 7 heteroatoms. The predicted octanol–water partition coefficient (Wildman–Crippen LogP) is 0.368. The summed E-state index contributed by atoms with van der Waals surface area (Å²) in [5.41, 5.74) is 0. The van der Waals surface area contributed by atoms with E-state index in [1.165, 1.54) is 0 Å². The minimum atomic E-state index is -4.37. The summed E-state index contributed by atoms with van der Waals surface area (Å²) in [6, 6.07) is 0. The van der Waals surface area contributed by atoms with E-state index < -0.39 is 18.6 Å². The van der Waals surface area contributed by atoms with Gasteiger partial charge >= 0.3 is 6.18 Å². The fourth-order valence-electron chi connectivity index (χ4n) is 1.82. The zero-order chi connectivity index (χ0) is 13.1. The van der Waals surface area contributed by atoms with E-state index in [0.29, 0.717) is 19.5 Å². The third-order valence-electron chi connectivity index (χ3n) is 2.80. The Kier molecular flexibility index (Phi) is 4.76.